The predicted octanol–water partition coefficient (Wildman–Crippen LogP) is 3.12. The van der Waals surface area contributed by atoms with Crippen LogP contribution in [0.1, 0.15) is 31.5 Å². The molecule has 0 amide bonds. The van der Waals surface area contributed by atoms with E-state index in [1.54, 1.807) is 0 Å². The van der Waals surface area contributed by atoms with Gasteiger partial charge in [-0.15, -0.1) is 0 Å². The van der Waals surface area contributed by atoms with E-state index in [9.17, 15) is 0 Å². The molecule has 1 aromatic carbocycles. The first kappa shape index (κ1) is 13.2. The molecule has 0 bridgehead atoms. The molecule has 2 aromatic heterocycles. The summed E-state index contributed by atoms with van der Waals surface area (Å²) in [5.74, 6) is 1.43. The van der Waals surface area contributed by atoms with Crippen molar-refractivity contribution in [2.24, 2.45) is 5.73 Å². The second-order valence-corrected chi connectivity index (χ2v) is 5.69. The Bertz CT molecular complexity index is 772. The van der Waals surface area contributed by atoms with Crippen molar-refractivity contribution >= 4 is 0 Å². The fourth-order valence-electron chi connectivity index (χ4n) is 2.84. The fourth-order valence-corrected chi connectivity index (χ4v) is 2.84. The number of benzene rings is 1. The van der Waals surface area contributed by atoms with E-state index in [0.29, 0.717) is 23.3 Å². The summed E-state index contributed by atoms with van der Waals surface area (Å²) in [6, 6.07) is 9.68. The van der Waals surface area contributed by atoms with Gasteiger partial charge in [-0.2, -0.15) is 4.98 Å². The number of nitrogens with zero attached hydrogens (tertiary/aromatic N) is 3. The van der Waals surface area contributed by atoms with Crippen molar-refractivity contribution in [3.8, 4) is 23.0 Å². The molecule has 0 saturated heterocycles. The van der Waals surface area contributed by atoms with Crippen LogP contribution in [-0.2, 0) is 5.54 Å². The second kappa shape index (κ2) is 5.06. The highest BCUT2D eigenvalue weighted by atomic mass is 16.5. The van der Waals surface area contributed by atoms with Crippen molar-refractivity contribution in [1.29, 1.82) is 0 Å². The minimum absolute atomic E-state index is 0.345. The van der Waals surface area contributed by atoms with Gasteiger partial charge in [-0.25, -0.2) is 4.98 Å². The third-order valence-electron chi connectivity index (χ3n) is 4.11. The van der Waals surface area contributed by atoms with Gasteiger partial charge >= 0.3 is 0 Å². The molecule has 112 valence electrons. The van der Waals surface area contributed by atoms with Crippen molar-refractivity contribution in [1.82, 2.24) is 15.1 Å². The minimum atomic E-state index is -0.465. The van der Waals surface area contributed by atoms with Crippen LogP contribution in [0.2, 0.25) is 0 Å². The van der Waals surface area contributed by atoms with Crippen molar-refractivity contribution in [2.45, 2.75) is 31.2 Å². The Morgan fingerprint density at radius 1 is 1.00 bits per heavy atom. The Kier molecular flexibility index (Phi) is 3.04. The lowest BCUT2D eigenvalue weighted by atomic mass is 9.99. The summed E-state index contributed by atoms with van der Waals surface area (Å²) >= 11 is 0. The van der Waals surface area contributed by atoms with E-state index in [2.05, 4.69) is 15.1 Å². The second-order valence-electron chi connectivity index (χ2n) is 5.69. The number of hydrogen-bond acceptors (Lipinski definition) is 6. The third-order valence-corrected chi connectivity index (χ3v) is 4.11. The monoisotopic (exact) mass is 296 g/mol. The summed E-state index contributed by atoms with van der Waals surface area (Å²) in [5, 5.41) is 4.04. The highest BCUT2D eigenvalue weighted by molar-refractivity contribution is 5.57. The van der Waals surface area contributed by atoms with Crippen LogP contribution in [0.15, 0.2) is 45.5 Å². The Labute approximate surface area is 127 Å². The van der Waals surface area contributed by atoms with E-state index >= 15 is 0 Å². The molecule has 0 spiro atoms. The quantitative estimate of drug-likeness (QED) is 0.798. The van der Waals surface area contributed by atoms with Crippen LogP contribution in [0, 0.1) is 0 Å². The summed E-state index contributed by atoms with van der Waals surface area (Å²) in [6.45, 7) is 0. The third kappa shape index (κ3) is 2.21. The molecule has 0 aliphatic heterocycles. The average molecular weight is 296 g/mol. The zero-order valence-electron chi connectivity index (χ0n) is 12.0. The van der Waals surface area contributed by atoms with Crippen molar-refractivity contribution < 1.29 is 8.94 Å². The molecule has 1 aliphatic carbocycles. The SMILES string of the molecule is NC1(c2noc(-c3coc(-c4ccccc4)n3)n2)CCCC1. The molecule has 0 atom stereocenters. The minimum Gasteiger partial charge on any atom is -0.444 e. The van der Waals surface area contributed by atoms with E-state index in [4.69, 9.17) is 14.7 Å². The maximum Gasteiger partial charge on any atom is 0.279 e. The van der Waals surface area contributed by atoms with Gasteiger partial charge in [-0.05, 0) is 25.0 Å². The largest absolute Gasteiger partial charge is 0.444 e. The van der Waals surface area contributed by atoms with Gasteiger partial charge in [-0.3, -0.25) is 0 Å². The molecule has 2 N–H and O–H groups in total. The Morgan fingerprint density at radius 3 is 2.55 bits per heavy atom. The van der Waals surface area contributed by atoms with Gasteiger partial charge in [-0.1, -0.05) is 36.2 Å². The molecule has 2 heterocycles. The van der Waals surface area contributed by atoms with E-state index in [-0.39, 0.29) is 0 Å². The van der Waals surface area contributed by atoms with Gasteiger partial charge in [0.1, 0.15) is 6.26 Å². The van der Waals surface area contributed by atoms with E-state index in [0.717, 1.165) is 31.2 Å². The van der Waals surface area contributed by atoms with Crippen LogP contribution < -0.4 is 5.73 Å². The molecular formula is C16H16N4O2. The van der Waals surface area contributed by atoms with E-state index in [1.807, 2.05) is 30.3 Å². The van der Waals surface area contributed by atoms with Gasteiger partial charge < -0.3 is 14.7 Å². The van der Waals surface area contributed by atoms with Crippen molar-refractivity contribution in [3.63, 3.8) is 0 Å². The Morgan fingerprint density at radius 2 is 1.77 bits per heavy atom. The van der Waals surface area contributed by atoms with Crippen LogP contribution in [0.25, 0.3) is 23.0 Å². The lowest BCUT2D eigenvalue weighted by Gasteiger charge is -2.17. The molecular weight excluding hydrogens is 280 g/mol. The summed E-state index contributed by atoms with van der Waals surface area (Å²) < 4.78 is 10.8. The molecule has 0 radical (unpaired) electrons. The zero-order valence-corrected chi connectivity index (χ0v) is 12.0. The van der Waals surface area contributed by atoms with Gasteiger partial charge in [0.2, 0.25) is 5.89 Å². The van der Waals surface area contributed by atoms with E-state index < -0.39 is 5.54 Å². The molecule has 3 aromatic rings. The lowest BCUT2D eigenvalue weighted by Crippen LogP contribution is -2.34. The first-order chi connectivity index (χ1) is 10.7. The normalized spacial score (nSPS) is 17.0. The highest BCUT2D eigenvalue weighted by Gasteiger charge is 2.36. The molecule has 1 fully saturated rings. The Balaban J connectivity index is 1.63. The van der Waals surface area contributed by atoms with Gasteiger partial charge in [0.15, 0.2) is 11.5 Å². The van der Waals surface area contributed by atoms with Crippen LogP contribution >= 0.6 is 0 Å². The van der Waals surface area contributed by atoms with Crippen LogP contribution in [0.5, 0.6) is 0 Å². The van der Waals surface area contributed by atoms with Crippen molar-refractivity contribution in [2.75, 3.05) is 0 Å². The Hall–Kier alpha value is -2.47. The topological polar surface area (TPSA) is 91.0 Å². The first-order valence-electron chi connectivity index (χ1n) is 7.39. The molecule has 22 heavy (non-hydrogen) atoms. The predicted molar refractivity (Wildman–Crippen MR) is 79.6 cm³/mol. The summed E-state index contributed by atoms with van der Waals surface area (Å²) in [6.07, 6.45) is 5.50. The highest BCUT2D eigenvalue weighted by Crippen LogP contribution is 2.35. The standard InChI is InChI=1S/C16H16N4O2/c17-16(8-4-5-9-16)15-19-14(22-20-15)12-10-21-13(18-12)11-6-2-1-3-7-11/h1-3,6-7,10H,4-5,8-9,17H2. The zero-order chi connectivity index (χ0) is 15.0. The molecule has 0 unspecified atom stereocenters. The summed E-state index contributed by atoms with van der Waals surface area (Å²) in [7, 11) is 0. The first-order valence-corrected chi connectivity index (χ1v) is 7.39. The lowest BCUT2D eigenvalue weighted by molar-refractivity contribution is 0.372. The van der Waals surface area contributed by atoms with Crippen LogP contribution in [-0.4, -0.2) is 15.1 Å². The van der Waals surface area contributed by atoms with Gasteiger partial charge in [0, 0.05) is 5.56 Å². The van der Waals surface area contributed by atoms with Crippen LogP contribution in [0.3, 0.4) is 0 Å². The molecule has 6 nitrogen and oxygen atoms in total. The number of oxazole rings is 1. The average Bonchev–Trinajstić information content (AvgIpc) is 3.28. The van der Waals surface area contributed by atoms with Crippen LogP contribution in [0.4, 0.5) is 0 Å². The summed E-state index contributed by atoms with van der Waals surface area (Å²) in [4.78, 5) is 8.83. The number of rotatable bonds is 3. The van der Waals surface area contributed by atoms with Gasteiger partial charge in [0.25, 0.3) is 5.89 Å². The van der Waals surface area contributed by atoms with Gasteiger partial charge in [0.05, 0.1) is 5.54 Å². The number of aromatic nitrogens is 3. The number of nitrogens with two attached hydrogens (primary N) is 1. The molecule has 1 aliphatic rings. The smallest absolute Gasteiger partial charge is 0.279 e. The molecule has 1 saturated carbocycles. The van der Waals surface area contributed by atoms with Crippen molar-refractivity contribution in [3.05, 3.63) is 42.4 Å². The maximum absolute atomic E-state index is 6.34. The number of hydrogen-bond donors (Lipinski definition) is 1. The van der Waals surface area contributed by atoms with E-state index in [1.165, 1.54) is 6.26 Å². The fraction of sp³-hybridized carbons (Fsp3) is 0.312. The maximum atomic E-state index is 6.34. The molecule has 4 rings (SSSR count). The summed E-state index contributed by atoms with van der Waals surface area (Å²) in [5.41, 5.74) is 7.30. The molecule has 6 heteroatoms.